The van der Waals surface area contributed by atoms with E-state index in [2.05, 4.69) is 35.2 Å². The number of rotatable bonds is 2. The molecule has 0 N–H and O–H groups in total. The van der Waals surface area contributed by atoms with Gasteiger partial charge in [0.25, 0.3) is 0 Å². The zero-order chi connectivity index (χ0) is 11.8. The summed E-state index contributed by atoms with van der Waals surface area (Å²) in [5.74, 6) is 1.36. The molecule has 0 aliphatic rings. The van der Waals surface area contributed by atoms with Crippen LogP contribution in [0.2, 0.25) is 0 Å². The summed E-state index contributed by atoms with van der Waals surface area (Å²) < 4.78 is 14.3. The first-order chi connectivity index (χ1) is 8.24. The summed E-state index contributed by atoms with van der Waals surface area (Å²) in [5, 5.41) is 14.8. The van der Waals surface area contributed by atoms with Gasteiger partial charge in [-0.15, -0.1) is 0 Å². The number of nitrogens with zero attached hydrogens (tertiary/aromatic N) is 6. The zero-order valence-electron chi connectivity index (χ0n) is 8.91. The molecule has 0 radical (unpaired) electrons. The van der Waals surface area contributed by atoms with E-state index in [-0.39, 0.29) is 11.6 Å². The Balaban J connectivity index is 2.11. The van der Waals surface area contributed by atoms with E-state index in [0.29, 0.717) is 23.2 Å². The van der Waals surface area contributed by atoms with E-state index >= 15 is 0 Å². The second-order valence-electron chi connectivity index (χ2n) is 3.24. The highest BCUT2D eigenvalue weighted by molar-refractivity contribution is 5.68. The summed E-state index contributed by atoms with van der Waals surface area (Å²) in [5.41, 5.74) is 0.616. The van der Waals surface area contributed by atoms with Gasteiger partial charge < -0.3 is 9.05 Å². The molecule has 0 aliphatic carbocycles. The molecule has 0 saturated carbocycles. The van der Waals surface area contributed by atoms with Gasteiger partial charge in [-0.2, -0.15) is 9.97 Å². The second kappa shape index (κ2) is 3.47. The van der Waals surface area contributed by atoms with Crippen LogP contribution in [0, 0.1) is 13.8 Å². The highest BCUT2D eigenvalue weighted by Gasteiger charge is 2.22. The molecule has 9 heteroatoms. The van der Waals surface area contributed by atoms with Gasteiger partial charge in [-0.05, 0) is 10.3 Å². The number of aryl methyl sites for hydroxylation is 2. The monoisotopic (exact) mass is 234 g/mol. The summed E-state index contributed by atoms with van der Waals surface area (Å²) in [6.07, 6.45) is 0. The van der Waals surface area contributed by atoms with Crippen molar-refractivity contribution in [2.45, 2.75) is 13.8 Å². The Morgan fingerprint density at radius 3 is 1.53 bits per heavy atom. The second-order valence-corrected chi connectivity index (χ2v) is 3.24. The molecule has 3 heterocycles. The molecule has 0 fully saturated rings. The van der Waals surface area contributed by atoms with Gasteiger partial charge in [0.1, 0.15) is 0 Å². The first kappa shape index (κ1) is 9.63. The minimum Gasteiger partial charge on any atom is -0.339 e. The maximum atomic E-state index is 4.85. The lowest BCUT2D eigenvalue weighted by Gasteiger charge is -1.86. The predicted molar refractivity (Wildman–Crippen MR) is 50.4 cm³/mol. The highest BCUT2D eigenvalue weighted by Crippen LogP contribution is 2.24. The van der Waals surface area contributed by atoms with E-state index < -0.39 is 0 Å². The molecule has 3 aromatic rings. The van der Waals surface area contributed by atoms with E-state index in [1.807, 2.05) is 0 Å². The van der Waals surface area contributed by atoms with Crippen LogP contribution in [0.1, 0.15) is 11.8 Å². The highest BCUT2D eigenvalue weighted by atomic mass is 16.6. The number of hydrogen-bond acceptors (Lipinski definition) is 9. The summed E-state index contributed by atoms with van der Waals surface area (Å²) >= 11 is 0. The summed E-state index contributed by atoms with van der Waals surface area (Å²) in [4.78, 5) is 8.04. The van der Waals surface area contributed by atoms with Crippen molar-refractivity contribution < 1.29 is 13.7 Å². The standard InChI is InChI=1S/C8H6N6O3/c1-3-9-7(13-15-3)5-6(12-17-11-5)8-10-4(2)16-14-8/h1-2H3. The van der Waals surface area contributed by atoms with Crippen molar-refractivity contribution in [3.05, 3.63) is 11.8 Å². The molecule has 17 heavy (non-hydrogen) atoms. The molecule has 3 rings (SSSR count). The van der Waals surface area contributed by atoms with E-state index in [1.54, 1.807) is 13.8 Å². The first-order valence-corrected chi connectivity index (χ1v) is 4.68. The van der Waals surface area contributed by atoms with E-state index in [0.717, 1.165) is 0 Å². The zero-order valence-corrected chi connectivity index (χ0v) is 8.91. The van der Waals surface area contributed by atoms with Crippen molar-refractivity contribution in [1.82, 2.24) is 30.6 Å². The number of aromatic nitrogens is 6. The molecule has 0 bridgehead atoms. The van der Waals surface area contributed by atoms with Gasteiger partial charge in [-0.1, -0.05) is 10.3 Å². The Morgan fingerprint density at radius 2 is 1.18 bits per heavy atom. The van der Waals surface area contributed by atoms with Crippen molar-refractivity contribution in [3.63, 3.8) is 0 Å². The summed E-state index contributed by atoms with van der Waals surface area (Å²) in [6, 6.07) is 0. The normalized spacial score (nSPS) is 10.9. The van der Waals surface area contributed by atoms with Gasteiger partial charge in [0, 0.05) is 13.8 Å². The third-order valence-corrected chi connectivity index (χ3v) is 1.97. The van der Waals surface area contributed by atoms with Gasteiger partial charge in [-0.25, -0.2) is 4.63 Å². The van der Waals surface area contributed by atoms with Crippen LogP contribution < -0.4 is 0 Å². The van der Waals surface area contributed by atoms with Crippen LogP contribution in [0.5, 0.6) is 0 Å². The number of hydrogen-bond donors (Lipinski definition) is 0. The summed E-state index contributed by atoms with van der Waals surface area (Å²) in [7, 11) is 0. The molecular formula is C8H6N6O3. The fourth-order valence-electron chi connectivity index (χ4n) is 1.27. The third kappa shape index (κ3) is 1.57. The topological polar surface area (TPSA) is 117 Å². The molecule has 0 aromatic carbocycles. The Hall–Kier alpha value is -2.58. The molecule has 0 amide bonds. The fourth-order valence-corrected chi connectivity index (χ4v) is 1.27. The SMILES string of the molecule is Cc1nc(-c2nonc2-c2noc(C)n2)no1. The smallest absolute Gasteiger partial charge is 0.227 e. The van der Waals surface area contributed by atoms with Crippen LogP contribution in [-0.2, 0) is 0 Å². The average Bonchev–Trinajstić information content (AvgIpc) is 2.96. The van der Waals surface area contributed by atoms with Crippen LogP contribution in [-0.4, -0.2) is 30.6 Å². The molecule has 9 nitrogen and oxygen atoms in total. The fraction of sp³-hybridized carbons (Fsp3) is 0.250. The van der Waals surface area contributed by atoms with Gasteiger partial charge in [0.2, 0.25) is 23.4 Å². The van der Waals surface area contributed by atoms with Crippen LogP contribution in [0.25, 0.3) is 23.0 Å². The Bertz CT molecular complexity index is 599. The van der Waals surface area contributed by atoms with Crippen molar-refractivity contribution in [1.29, 1.82) is 0 Å². The van der Waals surface area contributed by atoms with Crippen LogP contribution in [0.3, 0.4) is 0 Å². The van der Waals surface area contributed by atoms with Crippen molar-refractivity contribution in [2.75, 3.05) is 0 Å². The first-order valence-electron chi connectivity index (χ1n) is 4.68. The van der Waals surface area contributed by atoms with Gasteiger partial charge in [0.15, 0.2) is 11.4 Å². The van der Waals surface area contributed by atoms with Crippen molar-refractivity contribution in [2.24, 2.45) is 0 Å². The quantitative estimate of drug-likeness (QED) is 0.633. The van der Waals surface area contributed by atoms with Gasteiger partial charge in [0.05, 0.1) is 0 Å². The molecule has 0 aliphatic heterocycles. The maximum absolute atomic E-state index is 4.85. The van der Waals surface area contributed by atoms with Crippen LogP contribution in [0.4, 0.5) is 0 Å². The minimum absolute atomic E-state index is 0.265. The maximum Gasteiger partial charge on any atom is 0.227 e. The molecule has 0 saturated heterocycles. The molecule has 0 spiro atoms. The lowest BCUT2D eigenvalue weighted by molar-refractivity contribution is 0.309. The van der Waals surface area contributed by atoms with Crippen molar-refractivity contribution in [3.8, 4) is 23.0 Å². The van der Waals surface area contributed by atoms with Gasteiger partial charge in [-0.3, -0.25) is 0 Å². The van der Waals surface area contributed by atoms with E-state index in [1.165, 1.54) is 0 Å². The van der Waals surface area contributed by atoms with Crippen molar-refractivity contribution >= 4 is 0 Å². The van der Waals surface area contributed by atoms with Crippen LogP contribution in [0.15, 0.2) is 13.7 Å². The lowest BCUT2D eigenvalue weighted by Crippen LogP contribution is -1.88. The third-order valence-electron chi connectivity index (χ3n) is 1.97. The van der Waals surface area contributed by atoms with E-state index in [4.69, 9.17) is 9.05 Å². The Labute approximate surface area is 93.8 Å². The molecule has 0 unspecified atom stereocenters. The van der Waals surface area contributed by atoms with E-state index in [9.17, 15) is 0 Å². The molecular weight excluding hydrogens is 228 g/mol. The van der Waals surface area contributed by atoms with Crippen LogP contribution >= 0.6 is 0 Å². The average molecular weight is 234 g/mol. The molecule has 0 atom stereocenters. The molecule has 3 aromatic heterocycles. The molecule has 86 valence electrons. The predicted octanol–water partition coefficient (Wildman–Crippen LogP) is 0.786. The Morgan fingerprint density at radius 1 is 0.706 bits per heavy atom. The van der Waals surface area contributed by atoms with Gasteiger partial charge >= 0.3 is 0 Å². The minimum atomic E-state index is 0.265. The lowest BCUT2D eigenvalue weighted by atomic mass is 10.3. The largest absolute Gasteiger partial charge is 0.339 e. The Kier molecular flexibility index (Phi) is 1.97. The summed E-state index contributed by atoms with van der Waals surface area (Å²) in [6.45, 7) is 3.34.